The molecule has 1 aliphatic heterocycles. The van der Waals surface area contributed by atoms with Crippen LogP contribution < -0.4 is 10.1 Å². The van der Waals surface area contributed by atoms with Crippen LogP contribution in [0.2, 0.25) is 0 Å². The van der Waals surface area contributed by atoms with Crippen LogP contribution in [0.3, 0.4) is 0 Å². The molecule has 0 atom stereocenters. The quantitative estimate of drug-likeness (QED) is 0.609. The average Bonchev–Trinajstić information content (AvgIpc) is 3.30. The first kappa shape index (κ1) is 20.9. The van der Waals surface area contributed by atoms with Crippen LogP contribution in [0, 0.1) is 6.92 Å². The minimum absolute atomic E-state index is 0.111. The molecule has 4 rings (SSSR count). The van der Waals surface area contributed by atoms with Gasteiger partial charge in [0, 0.05) is 24.8 Å². The first-order valence-corrected chi connectivity index (χ1v) is 10.5. The van der Waals surface area contributed by atoms with Gasteiger partial charge in [-0.3, -0.25) is 10.4 Å². The van der Waals surface area contributed by atoms with Crippen molar-refractivity contribution in [2.75, 3.05) is 25.5 Å². The Kier molecular flexibility index (Phi) is 6.52. The second kappa shape index (κ2) is 9.66. The van der Waals surface area contributed by atoms with Crippen molar-refractivity contribution in [1.82, 2.24) is 15.1 Å². The molecule has 2 N–H and O–H groups in total. The van der Waals surface area contributed by atoms with E-state index in [1.54, 1.807) is 6.20 Å². The van der Waals surface area contributed by atoms with Crippen LogP contribution in [-0.4, -0.2) is 47.4 Å². The van der Waals surface area contributed by atoms with E-state index in [-0.39, 0.29) is 12.7 Å². The number of hydrogen-bond acceptors (Lipinski definition) is 5. The molecule has 0 radical (unpaired) electrons. The van der Waals surface area contributed by atoms with E-state index in [9.17, 15) is 4.79 Å². The van der Waals surface area contributed by atoms with Crippen molar-refractivity contribution in [2.45, 2.75) is 32.5 Å². The number of amides is 1. The zero-order valence-electron chi connectivity index (χ0n) is 17.9. The topological polar surface area (TPSA) is 79.5 Å². The van der Waals surface area contributed by atoms with Crippen LogP contribution in [0.1, 0.15) is 24.0 Å². The van der Waals surface area contributed by atoms with Gasteiger partial charge in [0.25, 0.3) is 0 Å². The number of anilines is 1. The standard InChI is InChI=1S/C24H28N4O3/c1-17-4-3-5-18(12-17)16-30-24(29)27-22-7-6-19(20-14-25-26-15-20)13-23(22)31-21-8-10-28(2)11-9-21/h3-7,12-15,21H,8-11,16H2,1-2H3,(H,25,26)(H,27,29). The summed E-state index contributed by atoms with van der Waals surface area (Å²) in [5, 5.41) is 9.70. The smallest absolute Gasteiger partial charge is 0.412 e. The number of carbonyl (C=O) groups excluding carboxylic acids is 1. The minimum Gasteiger partial charge on any atom is -0.488 e. The predicted molar refractivity (Wildman–Crippen MR) is 120 cm³/mol. The Hall–Kier alpha value is -3.32. The first-order chi connectivity index (χ1) is 15.1. The summed E-state index contributed by atoms with van der Waals surface area (Å²) in [4.78, 5) is 14.8. The number of aromatic nitrogens is 2. The van der Waals surface area contributed by atoms with Crippen molar-refractivity contribution in [1.29, 1.82) is 0 Å². The lowest BCUT2D eigenvalue weighted by Gasteiger charge is -2.30. The van der Waals surface area contributed by atoms with Gasteiger partial charge in [0.1, 0.15) is 18.5 Å². The lowest BCUT2D eigenvalue weighted by Crippen LogP contribution is -2.35. The lowest BCUT2D eigenvalue weighted by atomic mass is 10.1. The third-order valence-electron chi connectivity index (χ3n) is 5.46. The van der Waals surface area contributed by atoms with Crippen LogP contribution in [0.25, 0.3) is 11.1 Å². The van der Waals surface area contributed by atoms with Crippen LogP contribution in [0.5, 0.6) is 5.75 Å². The largest absolute Gasteiger partial charge is 0.488 e. The van der Waals surface area contributed by atoms with Crippen LogP contribution in [0.4, 0.5) is 10.5 Å². The van der Waals surface area contributed by atoms with Crippen molar-refractivity contribution < 1.29 is 14.3 Å². The first-order valence-electron chi connectivity index (χ1n) is 10.5. The maximum atomic E-state index is 12.5. The second-order valence-corrected chi connectivity index (χ2v) is 8.01. The maximum Gasteiger partial charge on any atom is 0.412 e. The Morgan fingerprint density at radius 3 is 2.77 bits per heavy atom. The second-order valence-electron chi connectivity index (χ2n) is 8.01. The summed E-state index contributed by atoms with van der Waals surface area (Å²) >= 11 is 0. The summed E-state index contributed by atoms with van der Waals surface area (Å²) in [5.74, 6) is 0.640. The molecule has 31 heavy (non-hydrogen) atoms. The van der Waals surface area contributed by atoms with Gasteiger partial charge in [-0.15, -0.1) is 0 Å². The van der Waals surface area contributed by atoms with E-state index >= 15 is 0 Å². The SMILES string of the molecule is Cc1cccc(COC(=O)Nc2ccc(-c3cn[nH]c3)cc2OC2CCN(C)CC2)c1. The summed E-state index contributed by atoms with van der Waals surface area (Å²) < 4.78 is 11.7. The molecule has 3 aromatic rings. The molecule has 0 spiro atoms. The maximum absolute atomic E-state index is 12.5. The van der Waals surface area contributed by atoms with Gasteiger partial charge >= 0.3 is 6.09 Å². The monoisotopic (exact) mass is 420 g/mol. The number of carbonyl (C=O) groups is 1. The molecule has 1 saturated heterocycles. The zero-order valence-corrected chi connectivity index (χ0v) is 17.9. The molecule has 0 bridgehead atoms. The van der Waals surface area contributed by atoms with Crippen LogP contribution in [-0.2, 0) is 11.3 Å². The summed E-state index contributed by atoms with van der Waals surface area (Å²) in [6, 6.07) is 13.6. The van der Waals surface area contributed by atoms with Gasteiger partial charge in [-0.1, -0.05) is 35.9 Å². The van der Waals surface area contributed by atoms with Crippen LogP contribution in [0.15, 0.2) is 54.9 Å². The highest BCUT2D eigenvalue weighted by Crippen LogP contribution is 2.33. The molecular weight excluding hydrogens is 392 g/mol. The number of piperidine rings is 1. The number of likely N-dealkylation sites (tertiary alicyclic amines) is 1. The number of aromatic amines is 1. The van der Waals surface area contributed by atoms with Crippen molar-refractivity contribution in [3.63, 3.8) is 0 Å². The number of H-pyrrole nitrogens is 1. The molecule has 0 saturated carbocycles. The molecule has 2 aromatic carbocycles. The van der Waals surface area contributed by atoms with E-state index in [1.165, 1.54) is 0 Å². The number of aryl methyl sites for hydroxylation is 1. The fraction of sp³-hybridized carbons (Fsp3) is 0.333. The molecule has 0 unspecified atom stereocenters. The Morgan fingerprint density at radius 2 is 2.03 bits per heavy atom. The Balaban J connectivity index is 1.47. The van der Waals surface area contributed by atoms with Crippen LogP contribution >= 0.6 is 0 Å². The molecule has 0 aliphatic carbocycles. The lowest BCUT2D eigenvalue weighted by molar-refractivity contribution is 0.114. The Bertz CT molecular complexity index is 1010. The van der Waals surface area contributed by atoms with Crippen molar-refractivity contribution >= 4 is 11.8 Å². The van der Waals surface area contributed by atoms with Crippen molar-refractivity contribution in [2.24, 2.45) is 0 Å². The van der Waals surface area contributed by atoms with E-state index in [4.69, 9.17) is 9.47 Å². The van der Waals surface area contributed by atoms with E-state index in [0.717, 1.165) is 48.2 Å². The molecular formula is C24H28N4O3. The summed E-state index contributed by atoms with van der Waals surface area (Å²) in [6.07, 6.45) is 5.09. The van der Waals surface area contributed by atoms with Crippen molar-refractivity contribution in [3.8, 4) is 16.9 Å². The number of rotatable bonds is 6. The molecule has 1 aromatic heterocycles. The molecule has 1 fully saturated rings. The summed E-state index contributed by atoms with van der Waals surface area (Å²) in [6.45, 7) is 4.21. The normalized spacial score (nSPS) is 14.9. The Morgan fingerprint density at radius 1 is 1.19 bits per heavy atom. The van der Waals surface area contributed by atoms with E-state index in [1.807, 2.05) is 55.6 Å². The molecule has 162 valence electrons. The molecule has 7 nitrogen and oxygen atoms in total. The van der Waals surface area contributed by atoms with E-state index < -0.39 is 6.09 Å². The molecule has 2 heterocycles. The molecule has 1 amide bonds. The number of nitrogens with zero attached hydrogens (tertiary/aromatic N) is 2. The highest BCUT2D eigenvalue weighted by molar-refractivity contribution is 5.87. The number of hydrogen-bond donors (Lipinski definition) is 2. The highest BCUT2D eigenvalue weighted by Gasteiger charge is 2.20. The average molecular weight is 421 g/mol. The molecule has 1 aliphatic rings. The van der Waals surface area contributed by atoms with Gasteiger partial charge in [-0.05, 0) is 50.1 Å². The van der Waals surface area contributed by atoms with E-state index in [0.29, 0.717) is 11.4 Å². The fourth-order valence-electron chi connectivity index (χ4n) is 3.69. The number of nitrogens with one attached hydrogen (secondary N) is 2. The summed E-state index contributed by atoms with van der Waals surface area (Å²) in [5.41, 5.74) is 4.61. The van der Waals surface area contributed by atoms with Gasteiger partial charge in [-0.25, -0.2) is 4.79 Å². The predicted octanol–water partition coefficient (Wildman–Crippen LogP) is 4.61. The number of benzene rings is 2. The molecule has 7 heteroatoms. The zero-order chi connectivity index (χ0) is 21.6. The Labute approximate surface area is 182 Å². The number of ether oxygens (including phenoxy) is 2. The fourth-order valence-corrected chi connectivity index (χ4v) is 3.69. The van der Waals surface area contributed by atoms with Gasteiger partial charge < -0.3 is 14.4 Å². The highest BCUT2D eigenvalue weighted by atomic mass is 16.5. The van der Waals surface area contributed by atoms with E-state index in [2.05, 4.69) is 27.5 Å². The minimum atomic E-state index is -0.509. The van der Waals surface area contributed by atoms with Gasteiger partial charge in [0.2, 0.25) is 0 Å². The van der Waals surface area contributed by atoms with Gasteiger partial charge in [0.15, 0.2) is 0 Å². The van der Waals surface area contributed by atoms with Crippen molar-refractivity contribution in [3.05, 3.63) is 66.0 Å². The third-order valence-corrected chi connectivity index (χ3v) is 5.46. The summed E-state index contributed by atoms with van der Waals surface area (Å²) in [7, 11) is 2.12. The van der Waals surface area contributed by atoms with Gasteiger partial charge in [0.05, 0.1) is 11.9 Å². The van der Waals surface area contributed by atoms with Gasteiger partial charge in [-0.2, -0.15) is 5.10 Å². The third kappa shape index (κ3) is 5.64.